The van der Waals surface area contributed by atoms with Crippen LogP contribution in [0.1, 0.15) is 15.2 Å². The molecule has 112 valence electrons. The first-order valence-corrected chi connectivity index (χ1v) is 8.99. The minimum absolute atomic E-state index is 0.0941. The summed E-state index contributed by atoms with van der Waals surface area (Å²) in [5, 5.41) is 9.09. The molecule has 1 aromatic carbocycles. The molecule has 0 bridgehead atoms. The van der Waals surface area contributed by atoms with Crippen molar-refractivity contribution in [2.24, 2.45) is 0 Å². The standard InChI is InChI=1S/C12H9BrClNO4S2/c1-6-10(5-11(13)20-6)21(18,19)15-9-3-7(12(16)17)2-8(14)4-9/h2-5,15H,1H3,(H,16,17). The van der Waals surface area contributed by atoms with Gasteiger partial charge in [-0.3, -0.25) is 4.72 Å². The summed E-state index contributed by atoms with van der Waals surface area (Å²) in [4.78, 5) is 11.7. The third kappa shape index (κ3) is 3.76. The van der Waals surface area contributed by atoms with Gasteiger partial charge in [0, 0.05) is 9.90 Å². The van der Waals surface area contributed by atoms with E-state index in [-0.39, 0.29) is 21.2 Å². The minimum Gasteiger partial charge on any atom is -0.478 e. The minimum atomic E-state index is -3.80. The van der Waals surface area contributed by atoms with Gasteiger partial charge in [0.05, 0.1) is 15.0 Å². The predicted molar refractivity (Wildman–Crippen MR) is 86.0 cm³/mol. The molecule has 5 nitrogen and oxygen atoms in total. The maximum Gasteiger partial charge on any atom is 0.335 e. The van der Waals surface area contributed by atoms with E-state index < -0.39 is 16.0 Å². The normalized spacial score (nSPS) is 11.4. The van der Waals surface area contributed by atoms with Crippen LogP contribution in [0.4, 0.5) is 5.69 Å². The van der Waals surface area contributed by atoms with Crippen molar-refractivity contribution >= 4 is 60.5 Å². The lowest BCUT2D eigenvalue weighted by Gasteiger charge is -2.09. The topological polar surface area (TPSA) is 83.5 Å². The van der Waals surface area contributed by atoms with Crippen LogP contribution in [-0.4, -0.2) is 19.5 Å². The number of aryl methyl sites for hydroxylation is 1. The maximum atomic E-state index is 12.3. The highest BCUT2D eigenvalue weighted by atomic mass is 79.9. The Balaban J connectivity index is 2.41. The van der Waals surface area contributed by atoms with Crippen LogP contribution >= 0.6 is 38.9 Å². The lowest BCUT2D eigenvalue weighted by molar-refractivity contribution is 0.0697. The number of carboxylic acid groups (broad SMARTS) is 1. The summed E-state index contributed by atoms with van der Waals surface area (Å²) in [7, 11) is -3.80. The number of sulfonamides is 1. The molecule has 0 fully saturated rings. The van der Waals surface area contributed by atoms with Crippen molar-refractivity contribution in [3.8, 4) is 0 Å². The van der Waals surface area contributed by atoms with Gasteiger partial charge in [-0.15, -0.1) is 11.3 Å². The third-order valence-corrected chi connectivity index (χ3v) is 5.94. The number of benzene rings is 1. The Morgan fingerprint density at radius 2 is 2.00 bits per heavy atom. The Bertz CT molecular complexity index is 817. The summed E-state index contributed by atoms with van der Waals surface area (Å²) in [5.74, 6) is -1.19. The average Bonchev–Trinajstić information content (AvgIpc) is 2.67. The first-order valence-electron chi connectivity index (χ1n) is 5.51. The van der Waals surface area contributed by atoms with Crippen molar-refractivity contribution in [2.75, 3.05) is 4.72 Å². The van der Waals surface area contributed by atoms with Crippen LogP contribution in [0.2, 0.25) is 5.02 Å². The van der Waals surface area contributed by atoms with E-state index in [1.807, 2.05) is 0 Å². The van der Waals surface area contributed by atoms with E-state index in [4.69, 9.17) is 16.7 Å². The number of anilines is 1. The highest BCUT2D eigenvalue weighted by Gasteiger charge is 2.20. The summed E-state index contributed by atoms with van der Waals surface area (Å²) in [6.45, 7) is 1.69. The molecule has 2 aromatic rings. The highest BCUT2D eigenvalue weighted by molar-refractivity contribution is 9.11. The number of carboxylic acids is 1. The van der Waals surface area contributed by atoms with Gasteiger partial charge < -0.3 is 5.11 Å². The molecule has 0 amide bonds. The smallest absolute Gasteiger partial charge is 0.335 e. The Kier molecular flexibility index (Phi) is 4.62. The lowest BCUT2D eigenvalue weighted by Crippen LogP contribution is -2.13. The number of thiophene rings is 1. The second kappa shape index (κ2) is 5.96. The van der Waals surface area contributed by atoms with Gasteiger partial charge >= 0.3 is 5.97 Å². The molecule has 2 rings (SSSR count). The van der Waals surface area contributed by atoms with Crippen molar-refractivity contribution < 1.29 is 18.3 Å². The van der Waals surface area contributed by atoms with E-state index in [0.29, 0.717) is 8.66 Å². The zero-order chi connectivity index (χ0) is 15.8. The van der Waals surface area contributed by atoms with Crippen molar-refractivity contribution in [2.45, 2.75) is 11.8 Å². The molecule has 0 aliphatic rings. The second-order valence-corrected chi connectivity index (χ2v) is 8.83. The number of hydrogen-bond acceptors (Lipinski definition) is 4. The van der Waals surface area contributed by atoms with Crippen molar-refractivity contribution in [1.29, 1.82) is 0 Å². The molecule has 1 aromatic heterocycles. The Morgan fingerprint density at radius 3 is 2.52 bits per heavy atom. The molecule has 1 heterocycles. The molecule has 0 aliphatic heterocycles. The Hall–Kier alpha value is -1.09. The molecular weight excluding hydrogens is 402 g/mol. The van der Waals surface area contributed by atoms with Crippen molar-refractivity contribution in [3.63, 3.8) is 0 Å². The van der Waals surface area contributed by atoms with Gasteiger partial charge in [0.1, 0.15) is 4.90 Å². The van der Waals surface area contributed by atoms with Crippen LogP contribution in [0.3, 0.4) is 0 Å². The maximum absolute atomic E-state index is 12.3. The van der Waals surface area contributed by atoms with Crippen LogP contribution in [0, 0.1) is 6.92 Å². The molecule has 0 saturated carbocycles. The Morgan fingerprint density at radius 1 is 1.33 bits per heavy atom. The van der Waals surface area contributed by atoms with Crippen LogP contribution in [-0.2, 0) is 10.0 Å². The molecule has 0 unspecified atom stereocenters. The molecule has 0 atom stereocenters. The number of carbonyl (C=O) groups is 1. The number of halogens is 2. The van der Waals surface area contributed by atoms with Gasteiger partial charge in [-0.2, -0.15) is 0 Å². The van der Waals surface area contributed by atoms with Crippen molar-refractivity contribution in [1.82, 2.24) is 0 Å². The second-order valence-electron chi connectivity index (χ2n) is 4.11. The number of rotatable bonds is 4. The van der Waals surface area contributed by atoms with E-state index in [1.54, 1.807) is 6.92 Å². The monoisotopic (exact) mass is 409 g/mol. The van der Waals surface area contributed by atoms with Crippen molar-refractivity contribution in [3.05, 3.63) is 43.5 Å². The summed E-state index contributed by atoms with van der Waals surface area (Å²) in [6.07, 6.45) is 0. The summed E-state index contributed by atoms with van der Waals surface area (Å²) >= 11 is 10.3. The number of nitrogens with one attached hydrogen (secondary N) is 1. The van der Waals surface area contributed by atoms with Gasteiger partial charge in [0.25, 0.3) is 10.0 Å². The summed E-state index contributed by atoms with van der Waals surface area (Å²) in [5.41, 5.74) is 0.00467. The SMILES string of the molecule is Cc1sc(Br)cc1S(=O)(=O)Nc1cc(Cl)cc(C(=O)O)c1. The van der Waals surface area contributed by atoms with Gasteiger partial charge in [-0.05, 0) is 47.1 Å². The number of hydrogen-bond donors (Lipinski definition) is 2. The number of aromatic carboxylic acids is 1. The van der Waals surface area contributed by atoms with Gasteiger partial charge in [-0.25, -0.2) is 13.2 Å². The van der Waals surface area contributed by atoms with Crippen LogP contribution < -0.4 is 4.72 Å². The first-order chi connectivity index (χ1) is 9.69. The molecule has 9 heteroatoms. The third-order valence-electron chi connectivity index (χ3n) is 2.53. The van der Waals surface area contributed by atoms with E-state index in [0.717, 1.165) is 0 Å². The molecule has 0 radical (unpaired) electrons. The van der Waals surface area contributed by atoms with E-state index in [2.05, 4.69) is 20.7 Å². The predicted octanol–water partition coefficient (Wildman–Crippen LogP) is 3.97. The van der Waals surface area contributed by atoms with Gasteiger partial charge in [0.15, 0.2) is 0 Å². The highest BCUT2D eigenvalue weighted by Crippen LogP contribution is 2.31. The zero-order valence-corrected chi connectivity index (χ0v) is 14.5. The van der Waals surface area contributed by atoms with Crippen LogP contribution in [0.25, 0.3) is 0 Å². The van der Waals surface area contributed by atoms with E-state index in [9.17, 15) is 13.2 Å². The van der Waals surface area contributed by atoms with Gasteiger partial charge in [0.2, 0.25) is 0 Å². The summed E-state index contributed by atoms with van der Waals surface area (Å²) in [6, 6.07) is 5.30. The molecule has 0 spiro atoms. The zero-order valence-electron chi connectivity index (χ0n) is 10.6. The largest absolute Gasteiger partial charge is 0.478 e. The van der Waals surface area contributed by atoms with Crippen LogP contribution in [0.5, 0.6) is 0 Å². The van der Waals surface area contributed by atoms with E-state index in [1.165, 1.54) is 35.6 Å². The summed E-state index contributed by atoms with van der Waals surface area (Å²) < 4.78 is 27.7. The first kappa shape index (κ1) is 16.3. The molecule has 21 heavy (non-hydrogen) atoms. The Labute approximate surface area is 138 Å². The van der Waals surface area contributed by atoms with Gasteiger partial charge in [-0.1, -0.05) is 11.6 Å². The quantitative estimate of drug-likeness (QED) is 0.799. The van der Waals surface area contributed by atoms with Crippen LogP contribution in [0.15, 0.2) is 32.9 Å². The fraction of sp³-hybridized carbons (Fsp3) is 0.0833. The molecule has 0 saturated heterocycles. The molecule has 2 N–H and O–H groups in total. The fourth-order valence-corrected chi connectivity index (χ4v) is 5.37. The average molecular weight is 411 g/mol. The molecular formula is C12H9BrClNO4S2. The van der Waals surface area contributed by atoms with E-state index >= 15 is 0 Å². The molecule has 0 aliphatic carbocycles. The fourth-order valence-electron chi connectivity index (χ4n) is 1.68. The lowest BCUT2D eigenvalue weighted by atomic mass is 10.2.